The van der Waals surface area contributed by atoms with Crippen LogP contribution in [0.2, 0.25) is 0 Å². The number of nitrogens with one attached hydrogen (secondary N) is 2. The Morgan fingerprint density at radius 1 is 0.853 bits per heavy atom. The van der Waals surface area contributed by atoms with Crippen LogP contribution in [-0.4, -0.2) is 74.7 Å². The van der Waals surface area contributed by atoms with Crippen molar-refractivity contribution < 1.29 is 0 Å². The van der Waals surface area contributed by atoms with E-state index in [4.69, 9.17) is 4.99 Å². The average molecular weight is 578 g/mol. The normalized spacial score (nSPS) is 16.0. The molecule has 0 saturated carbocycles. The van der Waals surface area contributed by atoms with Gasteiger partial charge in [-0.2, -0.15) is 0 Å². The molecule has 0 spiro atoms. The largest absolute Gasteiger partial charge is 0.357 e. The van der Waals surface area contributed by atoms with Gasteiger partial charge in [0.15, 0.2) is 5.96 Å². The molecule has 2 aromatic rings. The van der Waals surface area contributed by atoms with Gasteiger partial charge in [-0.15, -0.1) is 24.0 Å². The molecular weight excluding hydrogens is 533 g/mol. The lowest BCUT2D eigenvalue weighted by molar-refractivity contribution is 0.136. The highest BCUT2D eigenvalue weighted by molar-refractivity contribution is 14.0. The summed E-state index contributed by atoms with van der Waals surface area (Å²) in [5.74, 6) is 1.30. The van der Waals surface area contributed by atoms with Crippen LogP contribution in [0.5, 0.6) is 0 Å². The maximum Gasteiger partial charge on any atom is 0.191 e. The molecular formula is C28H44IN5. The Kier molecular flexibility index (Phi) is 14.2. The molecule has 1 saturated heterocycles. The van der Waals surface area contributed by atoms with Gasteiger partial charge >= 0.3 is 0 Å². The van der Waals surface area contributed by atoms with E-state index in [0.29, 0.717) is 5.92 Å². The summed E-state index contributed by atoms with van der Waals surface area (Å²) in [5, 5.41) is 6.99. The van der Waals surface area contributed by atoms with Crippen LogP contribution in [0.1, 0.15) is 43.7 Å². The van der Waals surface area contributed by atoms with Gasteiger partial charge in [0, 0.05) is 51.7 Å². The van der Waals surface area contributed by atoms with E-state index in [2.05, 4.69) is 94.9 Å². The van der Waals surface area contributed by atoms with Crippen LogP contribution >= 0.6 is 24.0 Å². The van der Waals surface area contributed by atoms with Crippen LogP contribution in [-0.2, 0) is 6.42 Å². The van der Waals surface area contributed by atoms with Crippen LogP contribution < -0.4 is 10.6 Å². The minimum atomic E-state index is 0. The number of unbranched alkanes of at least 4 members (excludes halogenated alkanes) is 1. The summed E-state index contributed by atoms with van der Waals surface area (Å²) in [5.41, 5.74) is 2.71. The lowest BCUT2D eigenvalue weighted by Crippen LogP contribution is -2.46. The summed E-state index contributed by atoms with van der Waals surface area (Å²) < 4.78 is 0. The van der Waals surface area contributed by atoms with E-state index in [1.54, 1.807) is 0 Å². The van der Waals surface area contributed by atoms with Crippen molar-refractivity contribution in [3.8, 4) is 0 Å². The van der Waals surface area contributed by atoms with Gasteiger partial charge in [-0.3, -0.25) is 4.99 Å². The predicted octanol–water partition coefficient (Wildman–Crippen LogP) is 4.60. The zero-order valence-electron chi connectivity index (χ0n) is 21.1. The summed E-state index contributed by atoms with van der Waals surface area (Å²) in [6.07, 6.45) is 3.41. The number of piperazine rings is 1. The van der Waals surface area contributed by atoms with E-state index in [0.717, 1.165) is 32.0 Å². The molecule has 188 valence electrons. The van der Waals surface area contributed by atoms with Crippen molar-refractivity contribution in [2.24, 2.45) is 4.99 Å². The van der Waals surface area contributed by atoms with E-state index >= 15 is 0 Å². The Morgan fingerprint density at radius 2 is 1.50 bits per heavy atom. The van der Waals surface area contributed by atoms with Gasteiger partial charge in [-0.25, -0.2) is 0 Å². The first-order valence-corrected chi connectivity index (χ1v) is 12.8. The van der Waals surface area contributed by atoms with E-state index in [9.17, 15) is 0 Å². The van der Waals surface area contributed by atoms with Gasteiger partial charge in [0.1, 0.15) is 0 Å². The number of aliphatic imine (C=N–C) groups is 1. The van der Waals surface area contributed by atoms with Gasteiger partial charge in [-0.1, -0.05) is 67.6 Å². The molecule has 3 rings (SSSR count). The fraction of sp³-hybridized carbons (Fsp3) is 0.536. The van der Waals surface area contributed by atoms with E-state index < -0.39 is 0 Å². The number of hydrogen-bond acceptors (Lipinski definition) is 3. The minimum Gasteiger partial charge on any atom is -0.357 e. The molecule has 5 nitrogen and oxygen atoms in total. The third-order valence-electron chi connectivity index (χ3n) is 6.52. The Bertz CT molecular complexity index is 791. The molecule has 0 amide bonds. The van der Waals surface area contributed by atoms with E-state index in [-0.39, 0.29) is 24.0 Å². The molecule has 1 atom stereocenters. The van der Waals surface area contributed by atoms with Crippen molar-refractivity contribution in [1.82, 2.24) is 20.4 Å². The van der Waals surface area contributed by atoms with E-state index in [1.807, 2.05) is 0 Å². The van der Waals surface area contributed by atoms with Gasteiger partial charge in [0.2, 0.25) is 0 Å². The summed E-state index contributed by atoms with van der Waals surface area (Å²) in [6.45, 7) is 14.3. The van der Waals surface area contributed by atoms with Crippen molar-refractivity contribution >= 4 is 29.9 Å². The minimum absolute atomic E-state index is 0. The molecule has 34 heavy (non-hydrogen) atoms. The van der Waals surface area contributed by atoms with Crippen LogP contribution in [0.15, 0.2) is 65.7 Å². The Morgan fingerprint density at radius 3 is 2.15 bits per heavy atom. The zero-order valence-corrected chi connectivity index (χ0v) is 23.4. The quantitative estimate of drug-likeness (QED) is 0.168. The second kappa shape index (κ2) is 16.9. The molecule has 6 heteroatoms. The number of benzene rings is 2. The van der Waals surface area contributed by atoms with Gasteiger partial charge in [-0.05, 0) is 50.4 Å². The number of nitrogens with zero attached hydrogens (tertiary/aromatic N) is 3. The van der Waals surface area contributed by atoms with Gasteiger partial charge in [0.25, 0.3) is 0 Å². The molecule has 2 aromatic carbocycles. The highest BCUT2D eigenvalue weighted by Crippen LogP contribution is 2.21. The third kappa shape index (κ3) is 10.3. The monoisotopic (exact) mass is 577 g/mol. The fourth-order valence-electron chi connectivity index (χ4n) is 4.45. The van der Waals surface area contributed by atoms with Crippen LogP contribution in [0.25, 0.3) is 0 Å². The van der Waals surface area contributed by atoms with Crippen LogP contribution in [0.3, 0.4) is 0 Å². The van der Waals surface area contributed by atoms with Crippen molar-refractivity contribution in [2.45, 2.75) is 39.0 Å². The SMILES string of the molecule is CCNC(=NCC(Cc1ccccc1)c1ccccc1)NCCCCN1CCN(CC)CC1.I. The molecule has 1 heterocycles. The Hall–Kier alpha value is -1.64. The first-order valence-electron chi connectivity index (χ1n) is 12.8. The summed E-state index contributed by atoms with van der Waals surface area (Å²) in [4.78, 5) is 10.1. The first-order chi connectivity index (χ1) is 16.3. The zero-order chi connectivity index (χ0) is 23.1. The van der Waals surface area contributed by atoms with Crippen molar-refractivity contribution in [3.63, 3.8) is 0 Å². The summed E-state index contributed by atoms with van der Waals surface area (Å²) >= 11 is 0. The van der Waals surface area contributed by atoms with Crippen molar-refractivity contribution in [2.75, 3.05) is 58.9 Å². The Labute approximate surface area is 224 Å². The molecule has 1 aliphatic heterocycles. The number of likely N-dealkylation sites (N-methyl/N-ethyl adjacent to an activating group) is 1. The molecule has 0 aliphatic carbocycles. The van der Waals surface area contributed by atoms with Gasteiger partial charge in [0.05, 0.1) is 0 Å². The molecule has 1 aliphatic rings. The number of rotatable bonds is 12. The maximum atomic E-state index is 4.97. The summed E-state index contributed by atoms with van der Waals surface area (Å²) in [7, 11) is 0. The van der Waals surface area contributed by atoms with Crippen LogP contribution in [0, 0.1) is 0 Å². The average Bonchev–Trinajstić information content (AvgIpc) is 2.87. The topological polar surface area (TPSA) is 42.9 Å². The molecule has 0 radical (unpaired) electrons. The second-order valence-electron chi connectivity index (χ2n) is 8.93. The predicted molar refractivity (Wildman–Crippen MR) is 157 cm³/mol. The molecule has 2 N–H and O–H groups in total. The standard InChI is InChI=1S/C28H43N5.HI/c1-3-29-28(30-17-11-12-18-33-21-19-32(4-2)20-22-33)31-24-27(26-15-9-6-10-16-26)23-25-13-7-5-8-14-25;/h5-10,13-16,27H,3-4,11-12,17-24H2,1-2H3,(H2,29,30,31);1H. The fourth-order valence-corrected chi connectivity index (χ4v) is 4.45. The molecule has 0 aromatic heterocycles. The Balaban J connectivity index is 0.00000408. The highest BCUT2D eigenvalue weighted by Gasteiger charge is 2.15. The lowest BCUT2D eigenvalue weighted by Gasteiger charge is -2.34. The maximum absolute atomic E-state index is 4.97. The molecule has 1 unspecified atom stereocenters. The molecule has 0 bridgehead atoms. The van der Waals surface area contributed by atoms with Crippen LogP contribution in [0.4, 0.5) is 0 Å². The first kappa shape index (κ1) is 28.6. The summed E-state index contributed by atoms with van der Waals surface area (Å²) in [6, 6.07) is 21.5. The molecule has 1 fully saturated rings. The van der Waals surface area contributed by atoms with Crippen molar-refractivity contribution in [3.05, 3.63) is 71.8 Å². The van der Waals surface area contributed by atoms with Crippen molar-refractivity contribution in [1.29, 1.82) is 0 Å². The smallest absolute Gasteiger partial charge is 0.191 e. The number of halogens is 1. The van der Waals surface area contributed by atoms with Gasteiger partial charge < -0.3 is 20.4 Å². The van der Waals surface area contributed by atoms with E-state index in [1.165, 1.54) is 63.2 Å². The number of guanidine groups is 1. The lowest BCUT2D eigenvalue weighted by atomic mass is 9.92. The number of hydrogen-bond donors (Lipinski definition) is 2. The second-order valence-corrected chi connectivity index (χ2v) is 8.93. The third-order valence-corrected chi connectivity index (χ3v) is 6.52. The highest BCUT2D eigenvalue weighted by atomic mass is 127.